The molecule has 1 fully saturated rings. The molecule has 28 heavy (non-hydrogen) atoms. The first-order chi connectivity index (χ1) is 13.8. The van der Waals surface area contributed by atoms with Gasteiger partial charge in [-0.15, -0.1) is 0 Å². The molecule has 1 saturated heterocycles. The van der Waals surface area contributed by atoms with Gasteiger partial charge in [-0.25, -0.2) is 0 Å². The average molecular weight is 384 g/mol. The fourth-order valence-electron chi connectivity index (χ4n) is 3.52. The third kappa shape index (κ3) is 5.80. The number of ether oxygens (including phenoxy) is 2. The van der Waals surface area contributed by atoms with Crippen LogP contribution in [-0.4, -0.2) is 57.9 Å². The smallest absolute Gasteiger partial charge is 0.142 e. The zero-order chi connectivity index (χ0) is 19.6. The number of hydrogen-bond donors (Lipinski definition) is 1. The number of rotatable bonds is 10. The Morgan fingerprint density at radius 1 is 0.964 bits per heavy atom. The first-order valence-electron chi connectivity index (χ1n) is 10.4. The van der Waals surface area contributed by atoms with Crippen molar-refractivity contribution >= 4 is 11.4 Å². The molecule has 0 radical (unpaired) electrons. The molecule has 1 aliphatic rings. The fraction of sp³-hybridized carbons (Fsp3) is 0.478. The molecule has 5 nitrogen and oxygen atoms in total. The number of hydrogen-bond acceptors (Lipinski definition) is 5. The molecule has 3 rings (SSSR count). The Labute approximate surface area is 169 Å². The minimum Gasteiger partial charge on any atom is -0.495 e. The van der Waals surface area contributed by atoms with Crippen molar-refractivity contribution in [2.24, 2.45) is 0 Å². The van der Waals surface area contributed by atoms with E-state index >= 15 is 0 Å². The van der Waals surface area contributed by atoms with Gasteiger partial charge in [0.1, 0.15) is 11.5 Å². The van der Waals surface area contributed by atoms with Crippen molar-refractivity contribution in [2.75, 3.05) is 63.2 Å². The van der Waals surface area contributed by atoms with Crippen molar-refractivity contribution in [3.8, 4) is 11.5 Å². The first-order valence-corrected chi connectivity index (χ1v) is 10.4. The second-order valence-corrected chi connectivity index (χ2v) is 7.15. The number of piperazine rings is 1. The lowest BCUT2D eigenvalue weighted by Crippen LogP contribution is -2.46. The molecule has 1 heterocycles. The number of anilines is 2. The van der Waals surface area contributed by atoms with Gasteiger partial charge in [-0.2, -0.15) is 0 Å². The number of nitrogens with zero attached hydrogens (tertiary/aromatic N) is 2. The second-order valence-electron chi connectivity index (χ2n) is 7.15. The highest BCUT2D eigenvalue weighted by Gasteiger charge is 2.19. The van der Waals surface area contributed by atoms with E-state index in [1.807, 2.05) is 24.3 Å². The molecule has 5 heteroatoms. The maximum Gasteiger partial charge on any atom is 0.142 e. The maximum absolute atomic E-state index is 5.90. The van der Waals surface area contributed by atoms with Crippen LogP contribution in [0.3, 0.4) is 0 Å². The van der Waals surface area contributed by atoms with E-state index < -0.39 is 0 Å². The predicted molar refractivity (Wildman–Crippen MR) is 117 cm³/mol. The minimum atomic E-state index is 0.758. The van der Waals surface area contributed by atoms with Gasteiger partial charge >= 0.3 is 0 Å². The maximum atomic E-state index is 5.90. The number of methoxy groups -OCH3 is 1. The molecule has 2 aromatic rings. The van der Waals surface area contributed by atoms with Crippen LogP contribution in [0, 0.1) is 0 Å². The molecule has 2 aromatic carbocycles. The van der Waals surface area contributed by atoms with E-state index in [1.54, 1.807) is 7.11 Å². The molecule has 0 saturated carbocycles. The quantitative estimate of drug-likeness (QED) is 0.625. The Morgan fingerprint density at radius 3 is 2.43 bits per heavy atom. The summed E-state index contributed by atoms with van der Waals surface area (Å²) < 4.78 is 11.4. The Morgan fingerprint density at radius 2 is 1.71 bits per heavy atom. The molecule has 1 aliphatic heterocycles. The normalized spacial score (nSPS) is 14.7. The summed E-state index contributed by atoms with van der Waals surface area (Å²) in [7, 11) is 1.74. The average Bonchev–Trinajstić information content (AvgIpc) is 2.76. The Bertz CT molecular complexity index is 697. The van der Waals surface area contributed by atoms with Crippen LogP contribution in [0.25, 0.3) is 0 Å². The third-order valence-corrected chi connectivity index (χ3v) is 5.12. The van der Waals surface area contributed by atoms with Gasteiger partial charge in [-0.3, -0.25) is 4.90 Å². The molecular formula is C23H33N3O2. The summed E-state index contributed by atoms with van der Waals surface area (Å²) in [5.41, 5.74) is 2.35. The van der Waals surface area contributed by atoms with Crippen LogP contribution in [0.15, 0.2) is 48.5 Å². The van der Waals surface area contributed by atoms with E-state index in [-0.39, 0.29) is 0 Å². The predicted octanol–water partition coefficient (Wildman–Crippen LogP) is 4.11. The van der Waals surface area contributed by atoms with E-state index in [0.29, 0.717) is 0 Å². The molecule has 152 valence electrons. The van der Waals surface area contributed by atoms with E-state index in [0.717, 1.165) is 75.9 Å². The highest BCUT2D eigenvalue weighted by atomic mass is 16.5. The Hall–Kier alpha value is -2.40. The fourth-order valence-corrected chi connectivity index (χ4v) is 3.52. The topological polar surface area (TPSA) is 37.0 Å². The summed E-state index contributed by atoms with van der Waals surface area (Å²) in [6.45, 7) is 9.24. The zero-order valence-corrected chi connectivity index (χ0v) is 17.2. The Balaban J connectivity index is 1.34. The van der Waals surface area contributed by atoms with Crippen molar-refractivity contribution in [2.45, 2.75) is 19.8 Å². The van der Waals surface area contributed by atoms with Gasteiger partial charge in [0.15, 0.2) is 0 Å². The summed E-state index contributed by atoms with van der Waals surface area (Å²) in [6, 6.07) is 16.5. The third-order valence-electron chi connectivity index (χ3n) is 5.12. The minimum absolute atomic E-state index is 0.758. The molecule has 1 N–H and O–H groups in total. The van der Waals surface area contributed by atoms with Crippen molar-refractivity contribution in [3.63, 3.8) is 0 Å². The SMILES string of the molecule is CCCNc1ccc(OCCCN2CCN(c3ccccc3OC)CC2)cc1. The number of benzene rings is 2. The molecule has 0 spiro atoms. The largest absolute Gasteiger partial charge is 0.495 e. The van der Waals surface area contributed by atoms with Crippen molar-refractivity contribution < 1.29 is 9.47 Å². The monoisotopic (exact) mass is 383 g/mol. The summed E-state index contributed by atoms with van der Waals surface area (Å²) in [4.78, 5) is 4.94. The van der Waals surface area contributed by atoms with E-state index in [9.17, 15) is 0 Å². The summed E-state index contributed by atoms with van der Waals surface area (Å²) in [5.74, 6) is 1.91. The van der Waals surface area contributed by atoms with Crippen LogP contribution in [0.5, 0.6) is 11.5 Å². The van der Waals surface area contributed by atoms with E-state index in [1.165, 1.54) is 5.69 Å². The standard InChI is InChI=1S/C23H33N3O2/c1-3-13-24-20-9-11-21(12-10-20)28-19-6-14-25-15-17-26(18-16-25)22-7-4-5-8-23(22)27-2/h4-5,7-12,24H,3,6,13-19H2,1-2H3. The molecule has 0 atom stereocenters. The van der Waals surface area contributed by atoms with Crippen LogP contribution >= 0.6 is 0 Å². The summed E-state index contributed by atoms with van der Waals surface area (Å²) in [6.07, 6.45) is 2.18. The van der Waals surface area contributed by atoms with Crippen molar-refractivity contribution in [1.82, 2.24) is 4.90 Å². The van der Waals surface area contributed by atoms with E-state index in [2.05, 4.69) is 46.3 Å². The van der Waals surface area contributed by atoms with Crippen molar-refractivity contribution in [3.05, 3.63) is 48.5 Å². The molecule has 0 aliphatic carbocycles. The highest BCUT2D eigenvalue weighted by Crippen LogP contribution is 2.28. The lowest BCUT2D eigenvalue weighted by atomic mass is 10.2. The lowest BCUT2D eigenvalue weighted by molar-refractivity contribution is 0.224. The highest BCUT2D eigenvalue weighted by molar-refractivity contribution is 5.58. The van der Waals surface area contributed by atoms with Crippen LogP contribution < -0.4 is 19.7 Å². The van der Waals surface area contributed by atoms with Gasteiger partial charge in [0.25, 0.3) is 0 Å². The van der Waals surface area contributed by atoms with Crippen molar-refractivity contribution in [1.29, 1.82) is 0 Å². The lowest BCUT2D eigenvalue weighted by Gasteiger charge is -2.36. The molecule has 0 bridgehead atoms. The van der Waals surface area contributed by atoms with E-state index in [4.69, 9.17) is 9.47 Å². The zero-order valence-electron chi connectivity index (χ0n) is 17.2. The molecule has 0 amide bonds. The van der Waals surface area contributed by atoms with Gasteiger partial charge in [0, 0.05) is 45.0 Å². The molecule has 0 unspecified atom stereocenters. The van der Waals surface area contributed by atoms with Gasteiger partial charge in [0.2, 0.25) is 0 Å². The van der Waals surface area contributed by atoms with Gasteiger partial charge in [0.05, 0.1) is 19.4 Å². The van der Waals surface area contributed by atoms with Crippen LogP contribution in [0.1, 0.15) is 19.8 Å². The number of nitrogens with one attached hydrogen (secondary N) is 1. The number of para-hydroxylation sites is 2. The first kappa shape index (κ1) is 20.3. The molecule has 0 aromatic heterocycles. The summed E-state index contributed by atoms with van der Waals surface area (Å²) >= 11 is 0. The van der Waals surface area contributed by atoms with Gasteiger partial charge < -0.3 is 19.7 Å². The van der Waals surface area contributed by atoms with Gasteiger partial charge in [-0.1, -0.05) is 19.1 Å². The second kappa shape index (κ2) is 10.8. The van der Waals surface area contributed by atoms with Gasteiger partial charge in [-0.05, 0) is 49.2 Å². The summed E-state index contributed by atoms with van der Waals surface area (Å²) in [5, 5.41) is 3.38. The van der Waals surface area contributed by atoms with Crippen LogP contribution in [0.2, 0.25) is 0 Å². The van der Waals surface area contributed by atoms with Crippen LogP contribution in [-0.2, 0) is 0 Å². The molecular weight excluding hydrogens is 350 g/mol. The van der Waals surface area contributed by atoms with Crippen LogP contribution in [0.4, 0.5) is 11.4 Å². The Kier molecular flexibility index (Phi) is 7.85.